The third-order valence-electron chi connectivity index (χ3n) is 4.51. The molecule has 1 heterocycles. The molecule has 26 heavy (non-hydrogen) atoms. The second-order valence-corrected chi connectivity index (χ2v) is 6.24. The van der Waals surface area contributed by atoms with Gasteiger partial charge in [-0.15, -0.1) is 0 Å². The average molecular weight is 350 g/mol. The van der Waals surface area contributed by atoms with Crippen LogP contribution in [0.15, 0.2) is 42.6 Å². The summed E-state index contributed by atoms with van der Waals surface area (Å²) < 4.78 is 7.43. The summed E-state index contributed by atoms with van der Waals surface area (Å²) in [6.07, 6.45) is 4.91. The van der Waals surface area contributed by atoms with Crippen molar-refractivity contribution in [1.82, 2.24) is 4.57 Å². The molecule has 0 bridgehead atoms. The molecule has 5 nitrogen and oxygen atoms in total. The number of hydrogen-bond acceptors (Lipinski definition) is 4. The van der Waals surface area contributed by atoms with Crippen LogP contribution in [-0.4, -0.2) is 23.9 Å². The van der Waals surface area contributed by atoms with Gasteiger partial charge in [0.25, 0.3) is 0 Å². The van der Waals surface area contributed by atoms with E-state index in [1.54, 1.807) is 6.07 Å². The fourth-order valence-electron chi connectivity index (χ4n) is 3.24. The molecule has 0 N–H and O–H groups in total. The van der Waals surface area contributed by atoms with Crippen molar-refractivity contribution < 1.29 is 19.4 Å². The standard InChI is InChI=1S/C21H21NO4/c1-3-4-16-11-22(19-9-14(13-23)5-8-18(16)19)12-17-7-6-15(21(24)25)10-20(17)26-2/h5-11,13H,3-4,12H2,1-2H3,(H,24,25)/p-1. The fraction of sp³-hybridized carbons (Fsp3) is 0.238. The highest BCUT2D eigenvalue weighted by Crippen LogP contribution is 2.27. The zero-order valence-corrected chi connectivity index (χ0v) is 14.8. The highest BCUT2D eigenvalue weighted by atomic mass is 16.5. The van der Waals surface area contributed by atoms with E-state index in [2.05, 4.69) is 17.7 Å². The fourth-order valence-corrected chi connectivity index (χ4v) is 3.24. The summed E-state index contributed by atoms with van der Waals surface area (Å²) in [6.45, 7) is 2.64. The number of aldehydes is 1. The number of carbonyl (C=O) groups excluding carboxylic acids is 2. The molecule has 0 spiro atoms. The van der Waals surface area contributed by atoms with Crippen LogP contribution in [0.3, 0.4) is 0 Å². The molecule has 0 unspecified atom stereocenters. The number of aromatic carboxylic acids is 1. The van der Waals surface area contributed by atoms with Crippen LogP contribution in [0.25, 0.3) is 10.9 Å². The molecular formula is C21H20NO4-. The Morgan fingerprint density at radius 3 is 2.65 bits per heavy atom. The molecule has 0 radical (unpaired) electrons. The van der Waals surface area contributed by atoms with Gasteiger partial charge in [-0.05, 0) is 24.1 Å². The van der Waals surface area contributed by atoms with Gasteiger partial charge in [0, 0.05) is 33.8 Å². The van der Waals surface area contributed by atoms with E-state index in [9.17, 15) is 14.7 Å². The van der Waals surface area contributed by atoms with Crippen LogP contribution in [0.2, 0.25) is 0 Å². The van der Waals surface area contributed by atoms with Crippen molar-refractivity contribution >= 4 is 23.2 Å². The highest BCUT2D eigenvalue weighted by molar-refractivity contribution is 5.90. The van der Waals surface area contributed by atoms with Gasteiger partial charge in [-0.25, -0.2) is 0 Å². The lowest BCUT2D eigenvalue weighted by atomic mass is 10.1. The van der Waals surface area contributed by atoms with E-state index in [0.29, 0.717) is 17.9 Å². The van der Waals surface area contributed by atoms with Crippen LogP contribution in [0.1, 0.15) is 45.2 Å². The van der Waals surface area contributed by atoms with E-state index in [1.807, 2.05) is 18.2 Å². The van der Waals surface area contributed by atoms with Gasteiger partial charge in [-0.2, -0.15) is 0 Å². The quantitative estimate of drug-likeness (QED) is 0.614. The number of rotatable bonds is 7. The van der Waals surface area contributed by atoms with Gasteiger partial charge in [0.05, 0.1) is 19.6 Å². The summed E-state index contributed by atoms with van der Waals surface area (Å²) in [5.41, 5.74) is 3.76. The molecule has 0 fully saturated rings. The number of carbonyl (C=O) groups is 2. The average Bonchev–Trinajstić information content (AvgIpc) is 2.99. The molecule has 3 rings (SSSR count). The third-order valence-corrected chi connectivity index (χ3v) is 4.51. The van der Waals surface area contributed by atoms with E-state index in [-0.39, 0.29) is 5.56 Å². The topological polar surface area (TPSA) is 71.4 Å². The number of aromatic nitrogens is 1. The maximum Gasteiger partial charge on any atom is 0.150 e. The molecule has 1 aromatic heterocycles. The van der Waals surface area contributed by atoms with Crippen molar-refractivity contribution in [3.63, 3.8) is 0 Å². The lowest BCUT2D eigenvalue weighted by Gasteiger charge is -2.13. The molecule has 2 aromatic carbocycles. The van der Waals surface area contributed by atoms with Gasteiger partial charge in [0.1, 0.15) is 12.0 Å². The Morgan fingerprint density at radius 1 is 1.19 bits per heavy atom. The number of hydrogen-bond donors (Lipinski definition) is 0. The van der Waals surface area contributed by atoms with Crippen LogP contribution < -0.4 is 9.84 Å². The third kappa shape index (κ3) is 3.33. The Morgan fingerprint density at radius 2 is 2.00 bits per heavy atom. The smallest absolute Gasteiger partial charge is 0.150 e. The van der Waals surface area contributed by atoms with E-state index in [4.69, 9.17) is 4.74 Å². The van der Waals surface area contributed by atoms with Crippen molar-refractivity contribution in [2.45, 2.75) is 26.3 Å². The first-order valence-corrected chi connectivity index (χ1v) is 8.52. The summed E-state index contributed by atoms with van der Waals surface area (Å²) in [6, 6.07) is 10.4. The second kappa shape index (κ2) is 7.44. The van der Waals surface area contributed by atoms with Crippen molar-refractivity contribution in [2.24, 2.45) is 0 Å². The van der Waals surface area contributed by atoms with E-state index < -0.39 is 5.97 Å². The summed E-state index contributed by atoms with van der Waals surface area (Å²) >= 11 is 0. The van der Waals surface area contributed by atoms with Gasteiger partial charge in [-0.1, -0.05) is 37.6 Å². The van der Waals surface area contributed by atoms with Crippen LogP contribution in [0.4, 0.5) is 0 Å². The first-order valence-electron chi connectivity index (χ1n) is 8.52. The van der Waals surface area contributed by atoms with Crippen LogP contribution in [0.5, 0.6) is 5.75 Å². The maximum absolute atomic E-state index is 11.2. The first-order chi connectivity index (χ1) is 12.6. The Bertz CT molecular complexity index is 972. The molecule has 5 heteroatoms. The summed E-state index contributed by atoms with van der Waals surface area (Å²) in [4.78, 5) is 22.2. The molecule has 0 aliphatic heterocycles. The minimum Gasteiger partial charge on any atom is -0.545 e. The minimum absolute atomic E-state index is 0.0814. The van der Waals surface area contributed by atoms with Gasteiger partial charge in [-0.3, -0.25) is 4.79 Å². The zero-order chi connectivity index (χ0) is 18.7. The zero-order valence-electron chi connectivity index (χ0n) is 14.8. The maximum atomic E-state index is 11.2. The largest absolute Gasteiger partial charge is 0.545 e. The summed E-state index contributed by atoms with van der Waals surface area (Å²) in [5, 5.41) is 12.2. The number of fused-ring (bicyclic) bond motifs is 1. The molecule has 0 saturated carbocycles. The van der Waals surface area contributed by atoms with Crippen LogP contribution in [0, 0.1) is 0 Å². The molecule has 0 amide bonds. The van der Waals surface area contributed by atoms with E-state index in [0.717, 1.165) is 35.6 Å². The lowest BCUT2D eigenvalue weighted by Crippen LogP contribution is -2.22. The van der Waals surface area contributed by atoms with E-state index in [1.165, 1.54) is 24.8 Å². The number of ether oxygens (including phenoxy) is 1. The molecule has 0 atom stereocenters. The number of methoxy groups -OCH3 is 1. The number of nitrogens with zero attached hydrogens (tertiary/aromatic N) is 1. The van der Waals surface area contributed by atoms with Gasteiger partial charge in [0.15, 0.2) is 0 Å². The normalized spacial score (nSPS) is 10.8. The number of carboxylic acid groups (broad SMARTS) is 1. The predicted octanol–water partition coefficient (Wildman–Crippen LogP) is 2.83. The predicted molar refractivity (Wildman–Crippen MR) is 97.7 cm³/mol. The van der Waals surface area contributed by atoms with Crippen molar-refractivity contribution in [2.75, 3.05) is 7.11 Å². The van der Waals surface area contributed by atoms with Crippen molar-refractivity contribution in [3.05, 3.63) is 64.8 Å². The molecule has 0 saturated heterocycles. The van der Waals surface area contributed by atoms with Gasteiger partial charge in [0.2, 0.25) is 0 Å². The molecule has 0 aliphatic carbocycles. The second-order valence-electron chi connectivity index (χ2n) is 6.24. The number of benzene rings is 2. The van der Waals surface area contributed by atoms with E-state index >= 15 is 0 Å². The molecule has 0 aliphatic rings. The SMILES string of the molecule is CCCc1cn(Cc2ccc(C(=O)[O-])cc2OC)c2cc(C=O)ccc12. The van der Waals surface area contributed by atoms with Gasteiger partial charge >= 0.3 is 0 Å². The van der Waals surface area contributed by atoms with Crippen molar-refractivity contribution in [1.29, 1.82) is 0 Å². The van der Waals surface area contributed by atoms with Crippen LogP contribution in [-0.2, 0) is 13.0 Å². The number of aryl methyl sites for hydroxylation is 1. The Balaban J connectivity index is 2.08. The molecule has 3 aromatic rings. The Labute approximate surface area is 151 Å². The van der Waals surface area contributed by atoms with Crippen LogP contribution >= 0.6 is 0 Å². The number of carboxylic acids is 1. The summed E-state index contributed by atoms with van der Waals surface area (Å²) in [5.74, 6) is -0.737. The Kier molecular flexibility index (Phi) is 5.07. The lowest BCUT2D eigenvalue weighted by molar-refractivity contribution is -0.255. The molecular weight excluding hydrogens is 330 g/mol. The van der Waals surface area contributed by atoms with Crippen molar-refractivity contribution in [3.8, 4) is 5.75 Å². The minimum atomic E-state index is -1.23. The van der Waals surface area contributed by atoms with Gasteiger partial charge < -0.3 is 19.2 Å². The first kappa shape index (κ1) is 17.7. The molecule has 134 valence electrons. The highest BCUT2D eigenvalue weighted by Gasteiger charge is 2.12. The summed E-state index contributed by atoms with van der Waals surface area (Å²) in [7, 11) is 1.51. The monoisotopic (exact) mass is 350 g/mol. The Hall–Kier alpha value is -3.08.